The fourth-order valence-corrected chi connectivity index (χ4v) is 3.57. The van der Waals surface area contributed by atoms with Gasteiger partial charge in [0, 0.05) is 0 Å². The summed E-state index contributed by atoms with van der Waals surface area (Å²) in [5.74, 6) is 1.12. The Morgan fingerprint density at radius 3 is 2.43 bits per heavy atom. The molecule has 3 heteroatoms. The summed E-state index contributed by atoms with van der Waals surface area (Å²) in [6.07, 6.45) is 12.4. The molecule has 0 bridgehead atoms. The van der Waals surface area contributed by atoms with Gasteiger partial charge in [0.2, 0.25) is 0 Å². The van der Waals surface area contributed by atoms with Crippen LogP contribution in [0, 0.1) is 29.0 Å². The minimum atomic E-state index is -0.406. The zero-order chi connectivity index (χ0) is 16.5. The van der Waals surface area contributed by atoms with Gasteiger partial charge in [0.1, 0.15) is 11.9 Å². The molecule has 0 spiro atoms. The molecule has 1 saturated carbocycles. The van der Waals surface area contributed by atoms with Crippen molar-refractivity contribution < 1.29 is 8.78 Å². The molecule has 1 fully saturated rings. The summed E-state index contributed by atoms with van der Waals surface area (Å²) in [7, 11) is 0. The minimum Gasteiger partial charge on any atom is -0.216 e. The van der Waals surface area contributed by atoms with Crippen LogP contribution in [0.3, 0.4) is 0 Å². The normalized spacial score (nSPS) is 21.4. The molecule has 0 aliphatic heterocycles. The molecule has 0 aromatic heterocycles. The third kappa shape index (κ3) is 5.78. The molecule has 1 aliphatic rings. The molecule has 0 saturated heterocycles. The van der Waals surface area contributed by atoms with Gasteiger partial charge in [0.25, 0.3) is 0 Å². The Kier molecular flexibility index (Phi) is 7.26. The van der Waals surface area contributed by atoms with Gasteiger partial charge in [-0.15, -0.1) is 0 Å². The van der Waals surface area contributed by atoms with Gasteiger partial charge in [-0.1, -0.05) is 44.2 Å². The van der Waals surface area contributed by atoms with Crippen LogP contribution in [0.5, 0.6) is 0 Å². The second kappa shape index (κ2) is 9.45. The van der Waals surface area contributed by atoms with Crippen molar-refractivity contribution in [2.45, 2.75) is 57.8 Å². The molecule has 1 nitrogen and oxygen atoms in total. The number of halogens is 2. The van der Waals surface area contributed by atoms with Crippen molar-refractivity contribution in [3.05, 3.63) is 47.5 Å². The topological polar surface area (TPSA) is 23.8 Å². The lowest BCUT2D eigenvalue weighted by Crippen LogP contribution is -2.15. The van der Waals surface area contributed by atoms with Crippen LogP contribution in [0.1, 0.15) is 62.5 Å². The number of aryl methyl sites for hydroxylation is 1. The summed E-state index contributed by atoms with van der Waals surface area (Å²) in [6.45, 7) is 0. The average Bonchev–Trinajstić information content (AvgIpc) is 2.58. The molecule has 124 valence electrons. The number of rotatable bonds is 7. The molecule has 0 unspecified atom stereocenters. The maximum Gasteiger partial charge on any atom is 0.141 e. The monoisotopic (exact) mass is 317 g/mol. The maximum atomic E-state index is 13.6. The van der Waals surface area contributed by atoms with Crippen LogP contribution in [-0.4, -0.2) is 0 Å². The van der Waals surface area contributed by atoms with Crippen LogP contribution in [0.25, 0.3) is 0 Å². The first-order valence-corrected chi connectivity index (χ1v) is 8.66. The molecule has 0 amide bonds. The highest BCUT2D eigenvalue weighted by molar-refractivity contribution is 5.33. The Hall–Kier alpha value is -1.69. The summed E-state index contributed by atoms with van der Waals surface area (Å²) >= 11 is 0. The van der Waals surface area contributed by atoms with E-state index in [2.05, 4.69) is 0 Å². The van der Waals surface area contributed by atoms with Crippen molar-refractivity contribution in [1.29, 1.82) is 5.26 Å². The molecule has 0 heterocycles. The third-order valence-electron chi connectivity index (χ3n) is 5.03. The van der Waals surface area contributed by atoms with E-state index in [4.69, 9.17) is 5.26 Å². The number of allylic oxidation sites excluding steroid dienone is 1. The highest BCUT2D eigenvalue weighted by Gasteiger charge is 2.20. The predicted octanol–water partition coefficient (Wildman–Crippen LogP) is 6.09. The quantitative estimate of drug-likeness (QED) is 0.558. The summed E-state index contributed by atoms with van der Waals surface area (Å²) in [4.78, 5) is 0. The van der Waals surface area contributed by atoms with Crippen molar-refractivity contribution in [2.75, 3.05) is 0 Å². The van der Waals surface area contributed by atoms with E-state index >= 15 is 0 Å². The Morgan fingerprint density at radius 2 is 1.83 bits per heavy atom. The molecule has 0 N–H and O–H groups in total. The van der Waals surface area contributed by atoms with Gasteiger partial charge >= 0.3 is 0 Å². The van der Waals surface area contributed by atoms with Gasteiger partial charge in [-0.3, -0.25) is 0 Å². The molecule has 2 rings (SSSR count). The smallest absolute Gasteiger partial charge is 0.141 e. The van der Waals surface area contributed by atoms with Crippen molar-refractivity contribution in [2.24, 2.45) is 11.8 Å². The maximum absolute atomic E-state index is 13.6. The molecule has 1 aromatic rings. The third-order valence-corrected chi connectivity index (χ3v) is 5.03. The Bertz CT molecular complexity index is 551. The van der Waals surface area contributed by atoms with Gasteiger partial charge in [0.15, 0.2) is 0 Å². The molecule has 0 radical (unpaired) electrons. The predicted molar refractivity (Wildman–Crippen MR) is 89.0 cm³/mol. The Balaban J connectivity index is 1.68. The second-order valence-electron chi connectivity index (χ2n) is 6.64. The molecule has 1 aliphatic carbocycles. The van der Waals surface area contributed by atoms with Crippen LogP contribution < -0.4 is 0 Å². The standard InChI is InChI=1S/C20H25F2N/c21-13-3-1-2-4-16-5-7-17(8-6-16)9-10-18-11-12-19(15-23)20(22)14-18/h3,11-14,16-17H,1-2,4-10H2/b13-3+/t16-,17-. The van der Waals surface area contributed by atoms with Crippen molar-refractivity contribution in [1.82, 2.24) is 0 Å². The van der Waals surface area contributed by atoms with Crippen LogP contribution in [-0.2, 0) is 6.42 Å². The van der Waals surface area contributed by atoms with E-state index in [-0.39, 0.29) is 5.56 Å². The number of nitrogens with zero attached hydrogens (tertiary/aromatic N) is 1. The van der Waals surface area contributed by atoms with Crippen molar-refractivity contribution >= 4 is 0 Å². The van der Waals surface area contributed by atoms with Gasteiger partial charge in [-0.2, -0.15) is 5.26 Å². The largest absolute Gasteiger partial charge is 0.216 e. The fourth-order valence-electron chi connectivity index (χ4n) is 3.57. The average molecular weight is 317 g/mol. The zero-order valence-corrected chi connectivity index (χ0v) is 13.6. The zero-order valence-electron chi connectivity index (χ0n) is 13.6. The summed E-state index contributed by atoms with van der Waals surface area (Å²) in [5, 5.41) is 8.75. The number of benzene rings is 1. The van der Waals surface area contributed by atoms with Crippen LogP contribution in [0.4, 0.5) is 8.78 Å². The van der Waals surface area contributed by atoms with Gasteiger partial charge in [-0.25, -0.2) is 8.78 Å². The molecule has 1 aromatic carbocycles. The second-order valence-corrected chi connectivity index (χ2v) is 6.64. The van der Waals surface area contributed by atoms with Crippen molar-refractivity contribution in [3.63, 3.8) is 0 Å². The lowest BCUT2D eigenvalue weighted by Gasteiger charge is -2.28. The SMILES string of the molecule is N#Cc1ccc(CC[C@H]2CC[C@H](CCC/C=C/F)CC2)cc1F. The number of nitriles is 1. The van der Waals surface area contributed by atoms with Crippen molar-refractivity contribution in [3.8, 4) is 6.07 Å². The van der Waals surface area contributed by atoms with E-state index < -0.39 is 5.82 Å². The summed E-state index contributed by atoms with van der Waals surface area (Å²) in [5.41, 5.74) is 1.11. The van der Waals surface area contributed by atoms with Crippen LogP contribution >= 0.6 is 0 Å². The van der Waals surface area contributed by atoms with Crippen LogP contribution in [0.15, 0.2) is 30.6 Å². The first-order chi connectivity index (χ1) is 11.2. The van der Waals surface area contributed by atoms with E-state index in [1.807, 2.05) is 12.1 Å². The highest BCUT2D eigenvalue weighted by Crippen LogP contribution is 2.34. The van der Waals surface area contributed by atoms with Gasteiger partial charge < -0.3 is 0 Å². The minimum absolute atomic E-state index is 0.122. The summed E-state index contributed by atoms with van der Waals surface area (Å²) in [6, 6.07) is 6.80. The van der Waals surface area contributed by atoms with Gasteiger partial charge in [-0.05, 0) is 55.2 Å². The molecular formula is C20H25F2N. The van der Waals surface area contributed by atoms with E-state index in [0.717, 1.165) is 43.1 Å². The fraction of sp³-hybridized carbons (Fsp3) is 0.550. The first kappa shape index (κ1) is 17.7. The van der Waals surface area contributed by atoms with E-state index in [1.165, 1.54) is 38.2 Å². The van der Waals surface area contributed by atoms with E-state index in [9.17, 15) is 8.78 Å². The molecule has 23 heavy (non-hydrogen) atoms. The van der Waals surface area contributed by atoms with E-state index in [0.29, 0.717) is 6.33 Å². The Morgan fingerprint density at radius 1 is 1.13 bits per heavy atom. The number of hydrogen-bond donors (Lipinski definition) is 0. The van der Waals surface area contributed by atoms with E-state index in [1.54, 1.807) is 12.1 Å². The Labute approximate surface area is 138 Å². The molecular weight excluding hydrogens is 292 g/mol. The summed E-state index contributed by atoms with van der Waals surface area (Å²) < 4.78 is 25.5. The number of hydrogen-bond acceptors (Lipinski definition) is 1. The van der Waals surface area contributed by atoms with Gasteiger partial charge in [0.05, 0.1) is 11.9 Å². The van der Waals surface area contributed by atoms with Crippen LogP contribution in [0.2, 0.25) is 0 Å². The lowest BCUT2D eigenvalue weighted by atomic mass is 9.78. The molecule has 0 atom stereocenters. The number of unbranched alkanes of at least 4 members (excludes halogenated alkanes) is 1. The first-order valence-electron chi connectivity index (χ1n) is 8.66. The lowest BCUT2D eigenvalue weighted by molar-refractivity contribution is 0.250. The highest BCUT2D eigenvalue weighted by atomic mass is 19.1.